The lowest BCUT2D eigenvalue weighted by Gasteiger charge is -2.33. The van der Waals surface area contributed by atoms with Crippen molar-refractivity contribution in [3.63, 3.8) is 0 Å². The van der Waals surface area contributed by atoms with Crippen molar-refractivity contribution >= 4 is 29.5 Å². The molecule has 4 nitrogen and oxygen atoms in total. The Labute approximate surface area is 171 Å². The molecule has 0 saturated heterocycles. The molecule has 1 heterocycles. The number of benzene rings is 2. The molecule has 146 valence electrons. The van der Waals surface area contributed by atoms with E-state index in [9.17, 15) is 9.59 Å². The summed E-state index contributed by atoms with van der Waals surface area (Å²) in [5.41, 5.74) is 3.04. The number of carbonyl (C=O) groups is 2. The molecular formula is C23H25ClN2O2. The number of rotatable bonds is 5. The Bertz CT molecular complexity index is 890. The van der Waals surface area contributed by atoms with E-state index in [1.165, 1.54) is 6.92 Å². The van der Waals surface area contributed by atoms with Crippen LogP contribution < -0.4 is 5.32 Å². The van der Waals surface area contributed by atoms with E-state index in [2.05, 4.69) is 19.2 Å². The van der Waals surface area contributed by atoms with Crippen LogP contribution in [0.15, 0.2) is 54.7 Å². The summed E-state index contributed by atoms with van der Waals surface area (Å²) >= 11 is 5.99. The molecule has 0 aliphatic carbocycles. The van der Waals surface area contributed by atoms with Crippen LogP contribution in [0.4, 0.5) is 0 Å². The number of fused-ring (bicyclic) bond motifs is 1. The third-order valence-corrected chi connectivity index (χ3v) is 5.31. The molecule has 1 N–H and O–H groups in total. The number of halogens is 1. The average Bonchev–Trinajstić information content (AvgIpc) is 2.66. The van der Waals surface area contributed by atoms with E-state index in [1.807, 2.05) is 54.6 Å². The van der Waals surface area contributed by atoms with Crippen molar-refractivity contribution in [2.45, 2.75) is 39.3 Å². The maximum absolute atomic E-state index is 12.9. The molecule has 0 fully saturated rings. The van der Waals surface area contributed by atoms with E-state index in [-0.39, 0.29) is 36.2 Å². The Balaban J connectivity index is 1.80. The molecule has 2 aromatic carbocycles. The Morgan fingerprint density at radius 2 is 1.79 bits per heavy atom. The molecule has 3 rings (SSSR count). The molecule has 0 saturated carbocycles. The van der Waals surface area contributed by atoms with Crippen LogP contribution in [0, 0.1) is 5.92 Å². The van der Waals surface area contributed by atoms with Gasteiger partial charge in [0.15, 0.2) is 0 Å². The fraction of sp³-hybridized carbons (Fsp3) is 0.304. The first-order valence-electron chi connectivity index (χ1n) is 9.47. The standard InChI is InChI=1S/C23H25ClN2O2/c1-15(2)23(18-8-10-19(24)11-9-18)25-22(28)14-21-20-7-5-4-6-17(20)12-13-26(21)16(3)27/h4-13,15,21,23H,14H2,1-3H3,(H,25,28). The molecule has 2 atom stereocenters. The summed E-state index contributed by atoms with van der Waals surface area (Å²) in [4.78, 5) is 26.7. The zero-order valence-corrected chi connectivity index (χ0v) is 17.1. The average molecular weight is 397 g/mol. The molecule has 2 amide bonds. The number of nitrogens with zero attached hydrogens (tertiary/aromatic N) is 1. The smallest absolute Gasteiger partial charge is 0.223 e. The van der Waals surface area contributed by atoms with Gasteiger partial charge in [-0.25, -0.2) is 0 Å². The maximum Gasteiger partial charge on any atom is 0.223 e. The van der Waals surface area contributed by atoms with E-state index in [0.29, 0.717) is 5.02 Å². The van der Waals surface area contributed by atoms with Gasteiger partial charge in [0, 0.05) is 18.1 Å². The molecule has 2 aromatic rings. The van der Waals surface area contributed by atoms with Crippen molar-refractivity contribution in [3.8, 4) is 0 Å². The van der Waals surface area contributed by atoms with Crippen molar-refractivity contribution in [2.24, 2.45) is 5.92 Å². The lowest BCUT2D eigenvalue weighted by molar-refractivity contribution is -0.130. The maximum atomic E-state index is 12.9. The van der Waals surface area contributed by atoms with Crippen LogP contribution >= 0.6 is 11.6 Å². The Morgan fingerprint density at radius 1 is 1.11 bits per heavy atom. The molecule has 0 bridgehead atoms. The van der Waals surface area contributed by atoms with E-state index < -0.39 is 0 Å². The predicted molar refractivity (Wildman–Crippen MR) is 113 cm³/mol. The van der Waals surface area contributed by atoms with Gasteiger partial charge in [0.2, 0.25) is 11.8 Å². The lowest BCUT2D eigenvalue weighted by Crippen LogP contribution is -2.37. The first-order valence-corrected chi connectivity index (χ1v) is 9.85. The normalized spacial score (nSPS) is 16.6. The second-order valence-electron chi connectivity index (χ2n) is 7.43. The van der Waals surface area contributed by atoms with Gasteiger partial charge in [-0.1, -0.05) is 61.8 Å². The summed E-state index contributed by atoms with van der Waals surface area (Å²) in [5, 5.41) is 3.81. The van der Waals surface area contributed by atoms with Gasteiger partial charge in [0.25, 0.3) is 0 Å². The molecule has 0 spiro atoms. The largest absolute Gasteiger partial charge is 0.349 e. The van der Waals surface area contributed by atoms with Crippen LogP contribution in [-0.4, -0.2) is 16.7 Å². The molecule has 1 aliphatic heterocycles. The Morgan fingerprint density at radius 3 is 2.43 bits per heavy atom. The second kappa shape index (κ2) is 8.61. The van der Waals surface area contributed by atoms with E-state index in [0.717, 1.165) is 16.7 Å². The third-order valence-electron chi connectivity index (χ3n) is 5.06. The van der Waals surface area contributed by atoms with Gasteiger partial charge >= 0.3 is 0 Å². The molecular weight excluding hydrogens is 372 g/mol. The van der Waals surface area contributed by atoms with E-state index >= 15 is 0 Å². The lowest BCUT2D eigenvalue weighted by atomic mass is 9.92. The highest BCUT2D eigenvalue weighted by Gasteiger charge is 2.29. The zero-order chi connectivity index (χ0) is 20.3. The zero-order valence-electron chi connectivity index (χ0n) is 16.4. The summed E-state index contributed by atoms with van der Waals surface area (Å²) < 4.78 is 0. The van der Waals surface area contributed by atoms with Crippen LogP contribution in [0.3, 0.4) is 0 Å². The van der Waals surface area contributed by atoms with Gasteiger partial charge in [0.1, 0.15) is 0 Å². The van der Waals surface area contributed by atoms with Crippen molar-refractivity contribution in [3.05, 3.63) is 76.4 Å². The topological polar surface area (TPSA) is 49.4 Å². The van der Waals surface area contributed by atoms with Gasteiger partial charge in [-0.15, -0.1) is 0 Å². The minimum Gasteiger partial charge on any atom is -0.349 e. The molecule has 0 radical (unpaired) electrons. The van der Waals surface area contributed by atoms with Crippen LogP contribution in [0.5, 0.6) is 0 Å². The Hall–Kier alpha value is -2.59. The van der Waals surface area contributed by atoms with Gasteiger partial charge in [-0.3, -0.25) is 9.59 Å². The first-order chi connectivity index (χ1) is 13.4. The molecule has 0 aromatic heterocycles. The molecule has 28 heavy (non-hydrogen) atoms. The SMILES string of the molecule is CC(=O)N1C=Cc2ccccc2C1CC(=O)NC(c1ccc(Cl)cc1)C(C)C. The number of hydrogen-bond donors (Lipinski definition) is 1. The third kappa shape index (κ3) is 4.45. The van der Waals surface area contributed by atoms with Gasteiger partial charge in [-0.05, 0) is 40.8 Å². The minimum absolute atomic E-state index is 0.0818. The van der Waals surface area contributed by atoms with Crippen molar-refractivity contribution in [1.29, 1.82) is 0 Å². The van der Waals surface area contributed by atoms with Crippen LogP contribution in [-0.2, 0) is 9.59 Å². The van der Waals surface area contributed by atoms with Crippen molar-refractivity contribution in [1.82, 2.24) is 10.2 Å². The van der Waals surface area contributed by atoms with Crippen LogP contribution in [0.25, 0.3) is 6.08 Å². The number of carbonyl (C=O) groups excluding carboxylic acids is 2. The summed E-state index contributed by atoms with van der Waals surface area (Å²) in [5.74, 6) is 0.0456. The number of amides is 2. The molecule has 5 heteroatoms. The molecule has 1 aliphatic rings. The number of hydrogen-bond acceptors (Lipinski definition) is 2. The summed E-state index contributed by atoms with van der Waals surface area (Å²) in [6.07, 6.45) is 3.88. The highest BCUT2D eigenvalue weighted by atomic mass is 35.5. The minimum atomic E-state index is -0.309. The summed E-state index contributed by atoms with van der Waals surface area (Å²) in [7, 11) is 0. The van der Waals surface area contributed by atoms with Gasteiger partial charge in [0.05, 0.1) is 18.5 Å². The first kappa shape index (κ1) is 20.2. The van der Waals surface area contributed by atoms with Crippen molar-refractivity contribution < 1.29 is 9.59 Å². The van der Waals surface area contributed by atoms with Crippen LogP contribution in [0.2, 0.25) is 5.02 Å². The van der Waals surface area contributed by atoms with Gasteiger partial charge < -0.3 is 10.2 Å². The predicted octanol–water partition coefficient (Wildman–Crippen LogP) is 5.12. The second-order valence-corrected chi connectivity index (χ2v) is 7.87. The molecule has 2 unspecified atom stereocenters. The Kier molecular flexibility index (Phi) is 6.20. The summed E-state index contributed by atoms with van der Waals surface area (Å²) in [6, 6.07) is 15.0. The fourth-order valence-corrected chi connectivity index (χ4v) is 3.75. The van der Waals surface area contributed by atoms with Gasteiger partial charge in [-0.2, -0.15) is 0 Å². The van der Waals surface area contributed by atoms with E-state index in [1.54, 1.807) is 11.1 Å². The fourth-order valence-electron chi connectivity index (χ4n) is 3.63. The monoisotopic (exact) mass is 396 g/mol. The number of nitrogens with one attached hydrogen (secondary N) is 1. The quantitative estimate of drug-likeness (QED) is 0.762. The van der Waals surface area contributed by atoms with E-state index in [4.69, 9.17) is 11.6 Å². The highest BCUT2D eigenvalue weighted by Crippen LogP contribution is 2.33. The van der Waals surface area contributed by atoms with Crippen LogP contribution in [0.1, 0.15) is 56.0 Å². The highest BCUT2D eigenvalue weighted by molar-refractivity contribution is 6.30. The van der Waals surface area contributed by atoms with Crippen molar-refractivity contribution in [2.75, 3.05) is 0 Å². The summed E-state index contributed by atoms with van der Waals surface area (Å²) in [6.45, 7) is 5.66.